The van der Waals surface area contributed by atoms with Gasteiger partial charge in [0.2, 0.25) is 0 Å². The van der Waals surface area contributed by atoms with Gasteiger partial charge in [-0.25, -0.2) is 0 Å². The van der Waals surface area contributed by atoms with Crippen molar-refractivity contribution in [2.45, 2.75) is 40.0 Å². The van der Waals surface area contributed by atoms with Crippen molar-refractivity contribution in [2.75, 3.05) is 26.8 Å². The molecule has 0 aromatic heterocycles. The zero-order valence-corrected chi connectivity index (χ0v) is 13.0. The zero-order chi connectivity index (χ0) is 14.1. The van der Waals surface area contributed by atoms with Crippen LogP contribution in [0.5, 0.6) is 0 Å². The second-order valence-electron chi connectivity index (χ2n) is 5.48. The van der Waals surface area contributed by atoms with Crippen LogP contribution in [0.4, 0.5) is 0 Å². The van der Waals surface area contributed by atoms with Crippen LogP contribution in [0, 0.1) is 12.3 Å². The van der Waals surface area contributed by atoms with Gasteiger partial charge in [0, 0.05) is 20.2 Å². The summed E-state index contributed by atoms with van der Waals surface area (Å²) in [4.78, 5) is 0. The molecule has 2 heteroatoms. The summed E-state index contributed by atoms with van der Waals surface area (Å²) in [6.45, 7) is 9.61. The molecule has 0 bridgehead atoms. The first-order chi connectivity index (χ1) is 9.17. The van der Waals surface area contributed by atoms with Gasteiger partial charge in [-0.3, -0.25) is 0 Å². The van der Waals surface area contributed by atoms with Gasteiger partial charge < -0.3 is 10.1 Å². The number of benzene rings is 1. The number of hydrogen-bond donors (Lipinski definition) is 1. The number of methoxy groups -OCH3 is 1. The minimum Gasteiger partial charge on any atom is -0.383 e. The standard InChI is InChI=1S/C17H29NO/c1-5-17(6-2,14-18-11-12-19-4)13-16-10-8-7-9-15(16)3/h7-10,18H,5-6,11-14H2,1-4H3. The maximum Gasteiger partial charge on any atom is 0.0587 e. The van der Waals surface area contributed by atoms with Crippen molar-refractivity contribution in [3.8, 4) is 0 Å². The van der Waals surface area contributed by atoms with Gasteiger partial charge in [0.15, 0.2) is 0 Å². The fourth-order valence-electron chi connectivity index (χ4n) is 2.55. The van der Waals surface area contributed by atoms with Crippen molar-refractivity contribution in [2.24, 2.45) is 5.41 Å². The Balaban J connectivity index is 2.67. The van der Waals surface area contributed by atoms with Crippen LogP contribution >= 0.6 is 0 Å². The Morgan fingerprint density at radius 1 is 1.16 bits per heavy atom. The molecule has 108 valence electrons. The lowest BCUT2D eigenvalue weighted by Crippen LogP contribution is -2.37. The van der Waals surface area contributed by atoms with Crippen molar-refractivity contribution in [3.63, 3.8) is 0 Å². The summed E-state index contributed by atoms with van der Waals surface area (Å²) < 4.78 is 5.10. The van der Waals surface area contributed by atoms with Gasteiger partial charge in [-0.15, -0.1) is 0 Å². The number of rotatable bonds is 9. The average Bonchev–Trinajstić information content (AvgIpc) is 2.44. The van der Waals surface area contributed by atoms with Gasteiger partial charge in [0.1, 0.15) is 0 Å². The first-order valence-corrected chi connectivity index (χ1v) is 7.41. The fourth-order valence-corrected chi connectivity index (χ4v) is 2.55. The molecule has 0 unspecified atom stereocenters. The predicted octanol–water partition coefficient (Wildman–Crippen LogP) is 3.58. The molecule has 1 aromatic rings. The molecule has 0 aliphatic rings. The Labute approximate surface area is 118 Å². The van der Waals surface area contributed by atoms with E-state index in [0.717, 1.165) is 26.1 Å². The third kappa shape index (κ3) is 4.96. The van der Waals surface area contributed by atoms with E-state index in [1.54, 1.807) is 7.11 Å². The Hall–Kier alpha value is -0.860. The highest BCUT2D eigenvalue weighted by Gasteiger charge is 2.26. The maximum atomic E-state index is 5.10. The van der Waals surface area contributed by atoms with E-state index in [1.807, 2.05) is 0 Å². The van der Waals surface area contributed by atoms with Gasteiger partial charge in [0.25, 0.3) is 0 Å². The van der Waals surface area contributed by atoms with Crippen LogP contribution in [0.25, 0.3) is 0 Å². The molecular formula is C17H29NO. The second-order valence-corrected chi connectivity index (χ2v) is 5.48. The lowest BCUT2D eigenvalue weighted by molar-refractivity contribution is 0.185. The molecule has 0 fully saturated rings. The van der Waals surface area contributed by atoms with Crippen molar-refractivity contribution < 1.29 is 4.74 Å². The summed E-state index contributed by atoms with van der Waals surface area (Å²) in [6, 6.07) is 8.75. The van der Waals surface area contributed by atoms with E-state index < -0.39 is 0 Å². The topological polar surface area (TPSA) is 21.3 Å². The van der Waals surface area contributed by atoms with E-state index in [9.17, 15) is 0 Å². The smallest absolute Gasteiger partial charge is 0.0587 e. The number of aryl methyl sites for hydroxylation is 1. The Bertz CT molecular complexity index is 358. The monoisotopic (exact) mass is 263 g/mol. The van der Waals surface area contributed by atoms with Crippen molar-refractivity contribution in [3.05, 3.63) is 35.4 Å². The average molecular weight is 263 g/mol. The van der Waals surface area contributed by atoms with Crippen LogP contribution < -0.4 is 5.32 Å². The molecule has 1 rings (SSSR count). The largest absolute Gasteiger partial charge is 0.383 e. The number of nitrogens with one attached hydrogen (secondary N) is 1. The molecule has 0 radical (unpaired) electrons. The summed E-state index contributed by atoms with van der Waals surface area (Å²) >= 11 is 0. The molecule has 0 saturated heterocycles. The molecule has 0 aliphatic carbocycles. The molecule has 1 aromatic carbocycles. The third-order valence-electron chi connectivity index (χ3n) is 4.31. The molecule has 0 saturated carbocycles. The van der Waals surface area contributed by atoms with E-state index in [4.69, 9.17) is 4.74 Å². The van der Waals surface area contributed by atoms with Gasteiger partial charge >= 0.3 is 0 Å². The fraction of sp³-hybridized carbons (Fsp3) is 0.647. The predicted molar refractivity (Wildman–Crippen MR) is 82.6 cm³/mol. The summed E-state index contributed by atoms with van der Waals surface area (Å²) in [7, 11) is 1.75. The molecule has 19 heavy (non-hydrogen) atoms. The maximum absolute atomic E-state index is 5.10. The van der Waals surface area contributed by atoms with E-state index in [2.05, 4.69) is 50.4 Å². The van der Waals surface area contributed by atoms with Gasteiger partial charge in [0.05, 0.1) is 6.61 Å². The third-order valence-corrected chi connectivity index (χ3v) is 4.31. The van der Waals surface area contributed by atoms with Crippen LogP contribution in [0.2, 0.25) is 0 Å². The molecule has 2 nitrogen and oxygen atoms in total. The molecule has 0 atom stereocenters. The minimum absolute atomic E-state index is 0.361. The minimum atomic E-state index is 0.361. The molecule has 0 aliphatic heterocycles. The first-order valence-electron chi connectivity index (χ1n) is 7.41. The van der Waals surface area contributed by atoms with E-state index >= 15 is 0 Å². The summed E-state index contributed by atoms with van der Waals surface area (Å²) in [5.74, 6) is 0. The van der Waals surface area contributed by atoms with Gasteiger partial charge in [-0.2, -0.15) is 0 Å². The first kappa shape index (κ1) is 16.2. The summed E-state index contributed by atoms with van der Waals surface area (Å²) in [5.41, 5.74) is 3.25. The summed E-state index contributed by atoms with van der Waals surface area (Å²) in [6.07, 6.45) is 3.57. The van der Waals surface area contributed by atoms with Crippen molar-refractivity contribution in [1.29, 1.82) is 0 Å². The lowest BCUT2D eigenvalue weighted by atomic mass is 9.76. The molecule has 0 amide bonds. The van der Waals surface area contributed by atoms with Crippen LogP contribution in [0.15, 0.2) is 24.3 Å². The van der Waals surface area contributed by atoms with Gasteiger partial charge in [-0.05, 0) is 42.7 Å². The normalized spacial score (nSPS) is 11.8. The Morgan fingerprint density at radius 2 is 1.84 bits per heavy atom. The number of ether oxygens (including phenoxy) is 1. The van der Waals surface area contributed by atoms with E-state index in [-0.39, 0.29) is 0 Å². The van der Waals surface area contributed by atoms with Crippen LogP contribution in [-0.2, 0) is 11.2 Å². The van der Waals surface area contributed by atoms with Crippen molar-refractivity contribution >= 4 is 0 Å². The van der Waals surface area contributed by atoms with Crippen molar-refractivity contribution in [1.82, 2.24) is 5.32 Å². The Kier molecular flexibility index (Phi) is 7.11. The second kappa shape index (κ2) is 8.34. The molecular weight excluding hydrogens is 234 g/mol. The number of hydrogen-bond acceptors (Lipinski definition) is 2. The van der Waals surface area contributed by atoms with Crippen LogP contribution in [0.1, 0.15) is 37.8 Å². The highest BCUT2D eigenvalue weighted by Crippen LogP contribution is 2.31. The quantitative estimate of drug-likeness (QED) is 0.688. The van der Waals surface area contributed by atoms with Crippen LogP contribution in [-0.4, -0.2) is 26.8 Å². The van der Waals surface area contributed by atoms with Crippen LogP contribution in [0.3, 0.4) is 0 Å². The molecule has 0 spiro atoms. The highest BCUT2D eigenvalue weighted by molar-refractivity contribution is 5.26. The van der Waals surface area contributed by atoms with Gasteiger partial charge in [-0.1, -0.05) is 38.1 Å². The summed E-state index contributed by atoms with van der Waals surface area (Å²) in [5, 5.41) is 3.54. The molecule has 1 N–H and O–H groups in total. The SMILES string of the molecule is CCC(CC)(CNCCOC)Cc1ccccc1C. The van der Waals surface area contributed by atoms with E-state index in [1.165, 1.54) is 24.0 Å². The zero-order valence-electron chi connectivity index (χ0n) is 13.0. The lowest BCUT2D eigenvalue weighted by Gasteiger charge is -2.33. The van der Waals surface area contributed by atoms with E-state index in [0.29, 0.717) is 5.41 Å². The highest BCUT2D eigenvalue weighted by atomic mass is 16.5. The Morgan fingerprint density at radius 3 is 2.42 bits per heavy atom. The molecule has 0 heterocycles.